The average molecular weight is 1240 g/mol. The van der Waals surface area contributed by atoms with E-state index < -0.39 is 18.0 Å². The molecule has 92 heavy (non-hydrogen) atoms. The van der Waals surface area contributed by atoms with Crippen molar-refractivity contribution < 1.29 is 48.6 Å². The largest absolute Gasteiger partial charge is 0.478 e. The van der Waals surface area contributed by atoms with E-state index in [0.717, 1.165) is 104 Å². The highest BCUT2D eigenvalue weighted by Crippen LogP contribution is 2.29. The number of imidazole rings is 2. The number of nitrogens with one attached hydrogen (secondary N) is 2. The monoisotopic (exact) mass is 1230 g/mol. The van der Waals surface area contributed by atoms with Gasteiger partial charge in [-0.1, -0.05) is 159 Å². The highest BCUT2D eigenvalue weighted by Gasteiger charge is 2.24. The molecule has 10 aromatic rings. The van der Waals surface area contributed by atoms with E-state index in [4.69, 9.17) is 19.5 Å². The number of fused-ring (bicyclic) bond motifs is 2. The molecule has 16 heteroatoms. The zero-order valence-electron chi connectivity index (χ0n) is 52.5. The van der Waals surface area contributed by atoms with Crippen LogP contribution in [-0.2, 0) is 71.2 Å². The van der Waals surface area contributed by atoms with E-state index in [-0.39, 0.29) is 72.9 Å². The predicted molar refractivity (Wildman–Crippen MR) is 356 cm³/mol. The number of carboxylic acid groups (broad SMARTS) is 2. The molecule has 8 aromatic carbocycles. The molecule has 0 saturated heterocycles. The Bertz CT molecular complexity index is 4130. The summed E-state index contributed by atoms with van der Waals surface area (Å²) in [5.41, 5.74) is 15.2. The van der Waals surface area contributed by atoms with Gasteiger partial charge in [-0.15, -0.1) is 0 Å². The first-order valence-corrected chi connectivity index (χ1v) is 31.2. The van der Waals surface area contributed by atoms with Crippen LogP contribution in [0.1, 0.15) is 144 Å². The molecule has 4 N–H and O–H groups in total. The molecular weight excluding hydrogens is 1160 g/mol. The van der Waals surface area contributed by atoms with Crippen LogP contribution in [0.4, 0.5) is 0 Å². The van der Waals surface area contributed by atoms with Crippen LogP contribution in [0.2, 0.25) is 0 Å². The summed E-state index contributed by atoms with van der Waals surface area (Å²) < 4.78 is 9.97. The Labute approximate surface area is 536 Å². The third kappa shape index (κ3) is 18.5. The average Bonchev–Trinajstić information content (AvgIpc) is 1.64. The lowest BCUT2D eigenvalue weighted by atomic mass is 9.88. The van der Waals surface area contributed by atoms with Gasteiger partial charge in [-0.3, -0.25) is 24.0 Å². The first kappa shape index (κ1) is 66.3. The SMILES string of the molecule is CCCc1nc2c(C)cc(C(=O)N[C@@H](CC(=O)NOCc3ccccc3)Cc3ccccc3)cc2n1Cc1ccc(C(=O)O)cc1.CCCc1nc2cc(C(=O)C[C@@H](CC(=O)COCc3ccccc3)Cc3ccccc3)cc(C)c2n1Cc1ccc(C(=O)O)cc1. The van der Waals surface area contributed by atoms with E-state index in [1.165, 1.54) is 0 Å². The summed E-state index contributed by atoms with van der Waals surface area (Å²) in [4.78, 5) is 91.4. The van der Waals surface area contributed by atoms with Gasteiger partial charge in [0.15, 0.2) is 11.6 Å². The third-order valence-corrected chi connectivity index (χ3v) is 15.9. The van der Waals surface area contributed by atoms with Crippen molar-refractivity contribution in [2.24, 2.45) is 5.92 Å². The minimum absolute atomic E-state index is 0.0100. The molecule has 16 nitrogen and oxygen atoms in total. The number of amides is 2. The first-order chi connectivity index (χ1) is 44.6. The van der Waals surface area contributed by atoms with E-state index in [9.17, 15) is 39.0 Å². The van der Waals surface area contributed by atoms with Crippen molar-refractivity contribution in [2.45, 2.75) is 118 Å². The molecule has 2 atom stereocenters. The maximum atomic E-state index is 13.8. The van der Waals surface area contributed by atoms with Crippen LogP contribution in [0.25, 0.3) is 22.1 Å². The van der Waals surface area contributed by atoms with Crippen molar-refractivity contribution in [3.63, 3.8) is 0 Å². The van der Waals surface area contributed by atoms with Crippen LogP contribution in [-0.4, -0.2) is 77.3 Å². The minimum atomic E-state index is -0.972. The number of hydrogen-bond acceptors (Lipinski definition) is 10. The summed E-state index contributed by atoms with van der Waals surface area (Å²) in [6, 6.07) is 59.7. The smallest absolute Gasteiger partial charge is 0.335 e. The molecule has 0 spiro atoms. The van der Waals surface area contributed by atoms with Crippen molar-refractivity contribution >= 4 is 57.4 Å². The maximum Gasteiger partial charge on any atom is 0.335 e. The van der Waals surface area contributed by atoms with Gasteiger partial charge >= 0.3 is 11.9 Å². The minimum Gasteiger partial charge on any atom is -0.478 e. The van der Waals surface area contributed by atoms with Crippen LogP contribution >= 0.6 is 0 Å². The lowest BCUT2D eigenvalue weighted by molar-refractivity contribution is -0.135. The Morgan fingerprint density at radius 2 is 1.02 bits per heavy atom. The molecule has 0 unspecified atom stereocenters. The van der Waals surface area contributed by atoms with Gasteiger partial charge in [-0.05, 0) is 138 Å². The number of benzene rings is 8. The summed E-state index contributed by atoms with van der Waals surface area (Å²) in [5, 5.41) is 21.7. The van der Waals surface area contributed by atoms with Gasteiger partial charge in [0.2, 0.25) is 5.91 Å². The molecule has 0 radical (unpaired) electrons. The van der Waals surface area contributed by atoms with Gasteiger partial charge < -0.3 is 29.4 Å². The standard InChI is InChI=1S/C39H40N2O5.C37H38N4O5/c1-3-10-37-40-35-23-33(19-27(2)38(35)41(37)24-29-15-17-32(18-16-29)39(44)45)36(43)22-31(20-28-11-6-4-7-12-28)21-34(42)26-46-25-30-13-8-5-9-14-30;1-3-10-33-39-35-25(2)19-30(21-32(35)41(33)23-27-15-17-29(18-16-27)37(44)45)36(43)38-31(20-26-11-6-4-7-12-26)22-34(42)40-46-24-28-13-8-5-9-14-28/h4-9,11-19,23,31H,3,10,20-22,24-26H2,1-2H3,(H,44,45);4-9,11-19,21,31H,3,10,20,22-24H2,1-2H3,(H,38,43)(H,40,42)(H,44,45)/t2*31-/m11/s1. The Hall–Kier alpha value is -10.2. The molecule has 0 saturated carbocycles. The van der Waals surface area contributed by atoms with Crippen LogP contribution in [0.15, 0.2) is 194 Å². The highest BCUT2D eigenvalue weighted by molar-refractivity contribution is 6.01. The summed E-state index contributed by atoms with van der Waals surface area (Å²) in [6.07, 6.45) is 4.94. The summed E-state index contributed by atoms with van der Waals surface area (Å²) in [6.45, 7) is 9.77. The first-order valence-electron chi connectivity index (χ1n) is 31.2. The van der Waals surface area contributed by atoms with Crippen LogP contribution in [0, 0.1) is 19.8 Å². The Kier molecular flexibility index (Phi) is 23.4. The Morgan fingerprint density at radius 1 is 0.511 bits per heavy atom. The molecule has 0 aliphatic carbocycles. The predicted octanol–water partition coefficient (Wildman–Crippen LogP) is 13.7. The summed E-state index contributed by atoms with van der Waals surface area (Å²) in [7, 11) is 0. The normalized spacial score (nSPS) is 11.8. The number of ketones is 2. The fourth-order valence-corrected chi connectivity index (χ4v) is 11.5. The van der Waals surface area contributed by atoms with Crippen molar-refractivity contribution in [1.82, 2.24) is 29.9 Å². The Balaban J connectivity index is 0.000000217. The number of hydroxylamine groups is 1. The second-order valence-corrected chi connectivity index (χ2v) is 23.3. The molecule has 2 heterocycles. The van der Waals surface area contributed by atoms with Crippen molar-refractivity contribution in [2.75, 3.05) is 6.61 Å². The van der Waals surface area contributed by atoms with Gasteiger partial charge in [0.1, 0.15) is 18.3 Å². The van der Waals surface area contributed by atoms with Crippen LogP contribution < -0.4 is 10.8 Å². The van der Waals surface area contributed by atoms with Crippen LogP contribution in [0.3, 0.4) is 0 Å². The number of ether oxygens (including phenoxy) is 1. The molecule has 10 rings (SSSR count). The van der Waals surface area contributed by atoms with E-state index in [1.807, 2.05) is 172 Å². The van der Waals surface area contributed by atoms with Gasteiger partial charge in [0.25, 0.3) is 5.91 Å². The Morgan fingerprint density at radius 3 is 1.58 bits per heavy atom. The van der Waals surface area contributed by atoms with E-state index in [0.29, 0.717) is 43.7 Å². The summed E-state index contributed by atoms with van der Waals surface area (Å²) in [5.74, 6) is -0.924. The number of aromatic carboxylic acids is 2. The number of Topliss-reactive ketones (excluding diaryl/α,β-unsaturated/α-hetero) is 2. The fraction of sp³-hybridized carbons (Fsp3) is 0.263. The number of rotatable bonds is 30. The molecule has 0 aliphatic rings. The number of aromatic nitrogens is 4. The van der Waals surface area contributed by atoms with Crippen molar-refractivity contribution in [3.05, 3.63) is 273 Å². The number of hydrogen-bond donors (Lipinski definition) is 4. The summed E-state index contributed by atoms with van der Waals surface area (Å²) >= 11 is 0. The number of carboxylic acids is 2. The molecular formula is C76H78N6O10. The molecule has 0 aliphatic heterocycles. The zero-order chi connectivity index (χ0) is 64.9. The number of carbonyl (C=O) groups is 6. The highest BCUT2D eigenvalue weighted by atomic mass is 16.6. The van der Waals surface area contributed by atoms with E-state index in [1.54, 1.807) is 36.4 Å². The fourth-order valence-electron chi connectivity index (χ4n) is 11.5. The second-order valence-electron chi connectivity index (χ2n) is 23.3. The second kappa shape index (κ2) is 32.5. The molecule has 0 bridgehead atoms. The van der Waals surface area contributed by atoms with Crippen molar-refractivity contribution in [1.29, 1.82) is 0 Å². The quantitative estimate of drug-likeness (QED) is 0.0244. The topological polar surface area (TPSA) is 221 Å². The lowest BCUT2D eigenvalue weighted by Gasteiger charge is -2.19. The molecule has 0 fully saturated rings. The van der Waals surface area contributed by atoms with E-state index in [2.05, 4.69) is 33.8 Å². The molecule has 2 amide bonds. The van der Waals surface area contributed by atoms with Gasteiger partial charge in [0.05, 0.1) is 46.4 Å². The number of nitrogens with zero attached hydrogens (tertiary/aromatic N) is 4. The number of aryl methyl sites for hydroxylation is 4. The van der Waals surface area contributed by atoms with Gasteiger partial charge in [0, 0.05) is 62.4 Å². The molecule has 472 valence electrons. The number of carbonyl (C=O) groups excluding carboxylic acids is 4. The zero-order valence-corrected chi connectivity index (χ0v) is 52.5. The maximum absolute atomic E-state index is 13.8. The van der Waals surface area contributed by atoms with Crippen LogP contribution in [0.5, 0.6) is 0 Å². The van der Waals surface area contributed by atoms with Crippen molar-refractivity contribution in [3.8, 4) is 0 Å². The van der Waals surface area contributed by atoms with Gasteiger partial charge in [-0.2, -0.15) is 0 Å². The van der Waals surface area contributed by atoms with Gasteiger partial charge in [-0.25, -0.2) is 25.0 Å². The van der Waals surface area contributed by atoms with E-state index >= 15 is 0 Å². The lowest BCUT2D eigenvalue weighted by Crippen LogP contribution is -2.40. The third-order valence-electron chi connectivity index (χ3n) is 15.9. The molecule has 2 aromatic heterocycles.